The van der Waals surface area contributed by atoms with Crippen molar-refractivity contribution >= 4 is 39.2 Å². The molecule has 2 aliphatic heterocycles. The van der Waals surface area contributed by atoms with Gasteiger partial charge in [0.1, 0.15) is 18.9 Å². The van der Waals surface area contributed by atoms with Gasteiger partial charge in [-0.15, -0.1) is 0 Å². The number of amides is 2. The van der Waals surface area contributed by atoms with E-state index < -0.39 is 67.2 Å². The van der Waals surface area contributed by atoms with E-state index in [1.165, 1.54) is 55.5 Å². The third-order valence-corrected chi connectivity index (χ3v) is 8.74. The van der Waals surface area contributed by atoms with E-state index in [0.717, 1.165) is 4.90 Å². The first-order chi connectivity index (χ1) is 20.8. The Bertz CT molecular complexity index is 1600. The van der Waals surface area contributed by atoms with E-state index in [1.54, 1.807) is 0 Å². The Hall–Kier alpha value is -4.90. The van der Waals surface area contributed by atoms with Crippen LogP contribution in [0.4, 0.5) is 16.2 Å². The lowest BCUT2D eigenvalue weighted by molar-refractivity contribution is -0.385. The first-order valence-electron chi connectivity index (χ1n) is 13.3. The third kappa shape index (κ3) is 7.35. The van der Waals surface area contributed by atoms with Gasteiger partial charge in [-0.3, -0.25) is 25.0 Å². The van der Waals surface area contributed by atoms with Crippen LogP contribution in [-0.2, 0) is 42.1 Å². The third-order valence-electron chi connectivity index (χ3n) is 7.12. The van der Waals surface area contributed by atoms with E-state index in [4.69, 9.17) is 9.47 Å². The van der Waals surface area contributed by atoms with Crippen molar-refractivity contribution in [2.24, 2.45) is 5.92 Å². The zero-order valence-electron chi connectivity index (χ0n) is 23.3. The van der Waals surface area contributed by atoms with Crippen LogP contribution in [0.2, 0.25) is 0 Å². The molecule has 0 aliphatic carbocycles. The summed E-state index contributed by atoms with van der Waals surface area (Å²) in [6.45, 7) is 0.605. The standard InChI is InChI=1S/C27H28N4O12S/c1-16(32)23-22-12-19(24(29(22)25(23)33)26(34)42-13-17-2-6-20(7-3-17)30(36)37)15-44(40,41)11-10-28-27(35)43-14-18-4-8-21(9-5-18)31(38)39/h2-9,16,22-23,32H,10-15H2,1H3,(H,28,35)/t16-,22-,23-/m1/s1. The molecule has 234 valence electrons. The molecule has 16 nitrogen and oxygen atoms in total. The molecule has 0 radical (unpaired) electrons. The molecule has 2 heterocycles. The molecule has 1 saturated heterocycles. The molecule has 0 unspecified atom stereocenters. The maximum Gasteiger partial charge on any atom is 0.407 e. The molecule has 0 aromatic heterocycles. The normalized spacial score (nSPS) is 18.2. The fourth-order valence-corrected chi connectivity index (χ4v) is 6.31. The minimum Gasteiger partial charge on any atom is -0.456 e. The highest BCUT2D eigenvalue weighted by atomic mass is 32.2. The highest BCUT2D eigenvalue weighted by Crippen LogP contribution is 2.44. The number of fused-ring (bicyclic) bond motifs is 1. The summed E-state index contributed by atoms with van der Waals surface area (Å²) in [5.74, 6) is -3.45. The van der Waals surface area contributed by atoms with Crippen molar-refractivity contribution in [3.05, 3.63) is 91.2 Å². The van der Waals surface area contributed by atoms with Crippen molar-refractivity contribution in [2.45, 2.75) is 38.7 Å². The second-order valence-corrected chi connectivity index (χ2v) is 12.4. The molecule has 0 spiro atoms. The first-order valence-corrected chi connectivity index (χ1v) is 15.1. The lowest BCUT2D eigenvalue weighted by atomic mass is 9.83. The number of carbonyl (C=O) groups is 3. The van der Waals surface area contributed by atoms with Gasteiger partial charge in [0.25, 0.3) is 11.4 Å². The molecule has 1 fully saturated rings. The Balaban J connectivity index is 1.36. The van der Waals surface area contributed by atoms with Crippen LogP contribution in [0.25, 0.3) is 0 Å². The minimum absolute atomic E-state index is 0.0210. The zero-order valence-corrected chi connectivity index (χ0v) is 24.1. The van der Waals surface area contributed by atoms with Crippen molar-refractivity contribution in [1.82, 2.24) is 10.2 Å². The van der Waals surface area contributed by atoms with Crippen LogP contribution >= 0.6 is 0 Å². The van der Waals surface area contributed by atoms with Gasteiger partial charge >= 0.3 is 12.1 Å². The molecule has 0 saturated carbocycles. The molecule has 0 bridgehead atoms. The number of rotatable bonds is 13. The Kier molecular flexibility index (Phi) is 9.59. The Morgan fingerprint density at radius 3 is 2.02 bits per heavy atom. The number of benzene rings is 2. The first kappa shape index (κ1) is 32.0. The molecule has 44 heavy (non-hydrogen) atoms. The number of hydrogen-bond donors (Lipinski definition) is 2. The summed E-state index contributed by atoms with van der Waals surface area (Å²) in [5, 5.41) is 33.9. The maximum absolute atomic E-state index is 13.1. The number of alkyl carbamates (subject to hydrolysis) is 1. The Morgan fingerprint density at radius 2 is 1.52 bits per heavy atom. The number of esters is 1. The number of nitrogens with zero attached hydrogens (tertiary/aromatic N) is 3. The summed E-state index contributed by atoms with van der Waals surface area (Å²) in [4.78, 5) is 59.5. The van der Waals surface area contributed by atoms with Crippen LogP contribution < -0.4 is 5.32 Å². The van der Waals surface area contributed by atoms with Gasteiger partial charge in [-0.25, -0.2) is 18.0 Å². The van der Waals surface area contributed by atoms with E-state index in [0.29, 0.717) is 11.1 Å². The van der Waals surface area contributed by atoms with Crippen LogP contribution in [-0.4, -0.2) is 76.4 Å². The summed E-state index contributed by atoms with van der Waals surface area (Å²) in [6.07, 6.45) is -1.92. The summed E-state index contributed by atoms with van der Waals surface area (Å²) >= 11 is 0. The van der Waals surface area contributed by atoms with E-state index >= 15 is 0 Å². The topological polar surface area (TPSA) is 226 Å². The fourth-order valence-electron chi connectivity index (χ4n) is 4.97. The molecule has 2 aromatic carbocycles. The Morgan fingerprint density at radius 1 is 1.00 bits per heavy atom. The van der Waals surface area contributed by atoms with Crippen LogP contribution in [0, 0.1) is 26.1 Å². The molecular formula is C27H28N4O12S. The average Bonchev–Trinajstić information content (AvgIpc) is 3.27. The number of carbonyl (C=O) groups excluding carboxylic acids is 3. The number of hydrogen-bond acceptors (Lipinski definition) is 12. The van der Waals surface area contributed by atoms with Crippen LogP contribution in [0.15, 0.2) is 59.8 Å². The highest BCUT2D eigenvalue weighted by molar-refractivity contribution is 7.91. The average molecular weight is 633 g/mol. The molecule has 2 N–H and O–H groups in total. The van der Waals surface area contributed by atoms with Gasteiger partial charge in [0.15, 0.2) is 9.84 Å². The van der Waals surface area contributed by atoms with E-state index in [-0.39, 0.29) is 48.8 Å². The zero-order chi connectivity index (χ0) is 32.2. The van der Waals surface area contributed by atoms with Crippen LogP contribution in [0.5, 0.6) is 0 Å². The maximum atomic E-state index is 13.1. The van der Waals surface area contributed by atoms with Crippen LogP contribution in [0.3, 0.4) is 0 Å². The number of non-ortho nitro benzene ring substituents is 2. The second-order valence-electron chi connectivity index (χ2n) is 10.2. The number of nitrogens with one attached hydrogen (secondary N) is 1. The lowest BCUT2D eigenvalue weighted by Gasteiger charge is -2.44. The molecule has 3 atom stereocenters. The van der Waals surface area contributed by atoms with Gasteiger partial charge in [0.2, 0.25) is 5.91 Å². The monoisotopic (exact) mass is 632 g/mol. The van der Waals surface area contributed by atoms with Gasteiger partial charge in [-0.2, -0.15) is 0 Å². The quantitative estimate of drug-likeness (QED) is 0.139. The summed E-state index contributed by atoms with van der Waals surface area (Å²) in [7, 11) is -3.93. The number of aliphatic hydroxyl groups excluding tert-OH is 1. The van der Waals surface area contributed by atoms with Gasteiger partial charge in [-0.1, -0.05) is 0 Å². The fraction of sp³-hybridized carbons (Fsp3) is 0.370. The van der Waals surface area contributed by atoms with Crippen molar-refractivity contribution in [3.8, 4) is 0 Å². The largest absolute Gasteiger partial charge is 0.456 e. The predicted octanol–water partition coefficient (Wildman–Crippen LogP) is 1.75. The number of sulfone groups is 1. The number of ether oxygens (including phenoxy) is 2. The van der Waals surface area contributed by atoms with Gasteiger partial charge in [0.05, 0.1) is 39.4 Å². The minimum atomic E-state index is -3.93. The van der Waals surface area contributed by atoms with Gasteiger partial charge < -0.3 is 24.8 Å². The predicted molar refractivity (Wildman–Crippen MR) is 150 cm³/mol. The summed E-state index contributed by atoms with van der Waals surface area (Å²) in [6, 6.07) is 9.96. The summed E-state index contributed by atoms with van der Waals surface area (Å²) in [5.41, 5.74) is 0.526. The van der Waals surface area contributed by atoms with Crippen molar-refractivity contribution < 1.29 is 47.2 Å². The summed E-state index contributed by atoms with van der Waals surface area (Å²) < 4.78 is 36.2. The lowest BCUT2D eigenvalue weighted by Crippen LogP contribution is -2.61. The SMILES string of the molecule is C[C@@H](O)[C@H]1C(=O)N2C(C(=O)OCc3ccc([N+](=O)[O-])cc3)=C(CS(=O)(=O)CCNC(=O)OCc3ccc([N+](=O)[O-])cc3)C[C@H]12. The van der Waals surface area contributed by atoms with Gasteiger partial charge in [0, 0.05) is 30.8 Å². The molecule has 17 heteroatoms. The van der Waals surface area contributed by atoms with E-state index in [9.17, 15) is 48.1 Å². The molecule has 2 aliphatic rings. The van der Waals surface area contributed by atoms with E-state index in [1.807, 2.05) is 0 Å². The van der Waals surface area contributed by atoms with E-state index in [2.05, 4.69) is 5.32 Å². The molecular weight excluding hydrogens is 604 g/mol. The smallest absolute Gasteiger partial charge is 0.407 e. The molecule has 2 aromatic rings. The number of β-lactam (4-membered cyclic amide) rings is 1. The Labute approximate surface area is 250 Å². The number of nitro groups is 2. The van der Waals surface area contributed by atoms with Gasteiger partial charge in [-0.05, 0) is 54.3 Å². The van der Waals surface area contributed by atoms with Crippen molar-refractivity contribution in [3.63, 3.8) is 0 Å². The number of aliphatic hydroxyl groups is 1. The molecule has 2 amide bonds. The highest BCUT2D eigenvalue weighted by Gasteiger charge is 2.57. The molecule has 4 rings (SSSR count). The van der Waals surface area contributed by atoms with Crippen molar-refractivity contribution in [1.29, 1.82) is 0 Å². The second kappa shape index (κ2) is 13.2. The van der Waals surface area contributed by atoms with Crippen LogP contribution in [0.1, 0.15) is 24.5 Å². The van der Waals surface area contributed by atoms with Crippen molar-refractivity contribution in [2.75, 3.05) is 18.1 Å². The number of nitro benzene ring substituents is 2.